The standard InChI is InChI=1S/C10H18OS/c1-7(2)8-4-5-10(3,11)9(12)6-8/h8-9,11-12H,1,4-6H2,2-3H3/t8-,9+,10+/m1/s1. The number of thiol groups is 1. The van der Waals surface area contributed by atoms with Gasteiger partial charge in [0.25, 0.3) is 0 Å². The summed E-state index contributed by atoms with van der Waals surface area (Å²) in [4.78, 5) is 0. The molecule has 0 aromatic rings. The lowest BCUT2D eigenvalue weighted by molar-refractivity contribution is 0.0200. The van der Waals surface area contributed by atoms with Crippen LogP contribution in [0.4, 0.5) is 0 Å². The van der Waals surface area contributed by atoms with Crippen LogP contribution in [0.2, 0.25) is 0 Å². The third-order valence-electron chi connectivity index (χ3n) is 2.92. The van der Waals surface area contributed by atoms with Crippen LogP contribution in [0, 0.1) is 5.92 Å². The van der Waals surface area contributed by atoms with Crippen molar-refractivity contribution in [1.82, 2.24) is 0 Å². The number of hydrogen-bond acceptors (Lipinski definition) is 2. The summed E-state index contributed by atoms with van der Waals surface area (Å²) in [6.07, 6.45) is 2.86. The highest BCUT2D eigenvalue weighted by molar-refractivity contribution is 7.81. The molecular weight excluding hydrogens is 168 g/mol. The van der Waals surface area contributed by atoms with E-state index in [1.54, 1.807) is 0 Å². The summed E-state index contributed by atoms with van der Waals surface area (Å²) in [5.74, 6) is 0.563. The minimum atomic E-state index is -0.574. The predicted molar refractivity (Wildman–Crippen MR) is 55.6 cm³/mol. The summed E-state index contributed by atoms with van der Waals surface area (Å²) in [5.41, 5.74) is 0.652. The average molecular weight is 186 g/mol. The molecule has 0 radical (unpaired) electrons. The molecule has 2 heteroatoms. The molecule has 0 amide bonds. The van der Waals surface area contributed by atoms with E-state index >= 15 is 0 Å². The van der Waals surface area contributed by atoms with Crippen molar-refractivity contribution in [2.24, 2.45) is 5.92 Å². The van der Waals surface area contributed by atoms with Gasteiger partial charge in [-0.05, 0) is 39.0 Å². The second-order valence-corrected chi connectivity index (χ2v) is 4.81. The molecule has 0 aromatic carbocycles. The van der Waals surface area contributed by atoms with Gasteiger partial charge in [0.05, 0.1) is 5.60 Å². The summed E-state index contributed by atoms with van der Waals surface area (Å²) in [6.45, 7) is 7.88. The van der Waals surface area contributed by atoms with Gasteiger partial charge in [-0.25, -0.2) is 0 Å². The highest BCUT2D eigenvalue weighted by atomic mass is 32.1. The molecule has 3 atom stereocenters. The Kier molecular flexibility index (Phi) is 2.89. The third kappa shape index (κ3) is 2.05. The summed E-state index contributed by atoms with van der Waals surface area (Å²) in [6, 6.07) is 0. The molecule has 0 bridgehead atoms. The third-order valence-corrected chi connectivity index (χ3v) is 3.69. The minimum absolute atomic E-state index is 0.105. The zero-order valence-electron chi connectivity index (χ0n) is 7.88. The number of rotatable bonds is 1. The molecule has 70 valence electrons. The van der Waals surface area contributed by atoms with E-state index in [-0.39, 0.29) is 5.25 Å². The molecule has 1 fully saturated rings. The molecule has 0 saturated heterocycles. The molecule has 1 aliphatic carbocycles. The van der Waals surface area contributed by atoms with Crippen LogP contribution in [-0.4, -0.2) is 16.0 Å². The van der Waals surface area contributed by atoms with Crippen molar-refractivity contribution in [3.05, 3.63) is 12.2 Å². The first-order chi connectivity index (χ1) is 5.43. The van der Waals surface area contributed by atoms with Crippen LogP contribution < -0.4 is 0 Å². The SMILES string of the molecule is C=C(C)[C@@H]1CC[C@](C)(O)[C@@H](S)C1. The van der Waals surface area contributed by atoms with E-state index in [1.807, 2.05) is 6.92 Å². The summed E-state index contributed by atoms with van der Waals surface area (Å²) in [7, 11) is 0. The normalized spacial score (nSPS) is 42.7. The van der Waals surface area contributed by atoms with Gasteiger partial charge in [0, 0.05) is 5.25 Å². The molecule has 0 aromatic heterocycles. The Morgan fingerprint density at radius 3 is 2.67 bits per heavy atom. The molecule has 1 rings (SSSR count). The van der Waals surface area contributed by atoms with E-state index < -0.39 is 5.60 Å². The fourth-order valence-electron chi connectivity index (χ4n) is 1.72. The lowest BCUT2D eigenvalue weighted by atomic mass is 9.77. The topological polar surface area (TPSA) is 20.2 Å². The van der Waals surface area contributed by atoms with Crippen LogP contribution in [0.5, 0.6) is 0 Å². The van der Waals surface area contributed by atoms with E-state index in [4.69, 9.17) is 0 Å². The first kappa shape index (κ1) is 10.1. The number of aliphatic hydroxyl groups is 1. The zero-order chi connectivity index (χ0) is 9.35. The van der Waals surface area contributed by atoms with Crippen LogP contribution in [0.1, 0.15) is 33.1 Å². The lowest BCUT2D eigenvalue weighted by Gasteiger charge is -2.38. The molecule has 0 heterocycles. The van der Waals surface area contributed by atoms with Gasteiger partial charge in [0.1, 0.15) is 0 Å². The Bertz CT molecular complexity index is 186. The summed E-state index contributed by atoms with van der Waals surface area (Å²) < 4.78 is 0. The maximum absolute atomic E-state index is 9.84. The van der Waals surface area contributed by atoms with Crippen molar-refractivity contribution in [3.8, 4) is 0 Å². The predicted octanol–water partition coefficient (Wildman–Crippen LogP) is 2.41. The molecular formula is C10H18OS. The smallest absolute Gasteiger partial charge is 0.0735 e. The van der Waals surface area contributed by atoms with E-state index in [2.05, 4.69) is 26.1 Å². The molecule has 0 unspecified atom stereocenters. The number of hydrogen-bond donors (Lipinski definition) is 2. The average Bonchev–Trinajstić information content (AvgIpc) is 1.94. The fraction of sp³-hybridized carbons (Fsp3) is 0.800. The van der Waals surface area contributed by atoms with E-state index in [0.29, 0.717) is 5.92 Å². The van der Waals surface area contributed by atoms with Gasteiger partial charge in [0.2, 0.25) is 0 Å². The van der Waals surface area contributed by atoms with Crippen LogP contribution in [0.25, 0.3) is 0 Å². The monoisotopic (exact) mass is 186 g/mol. The Morgan fingerprint density at radius 2 is 2.25 bits per heavy atom. The van der Waals surface area contributed by atoms with Crippen molar-refractivity contribution >= 4 is 12.6 Å². The van der Waals surface area contributed by atoms with Crippen molar-refractivity contribution in [2.45, 2.75) is 44.0 Å². The van der Waals surface area contributed by atoms with Gasteiger partial charge in [0.15, 0.2) is 0 Å². The molecule has 1 saturated carbocycles. The van der Waals surface area contributed by atoms with E-state index in [1.165, 1.54) is 5.57 Å². The molecule has 12 heavy (non-hydrogen) atoms. The molecule has 1 N–H and O–H groups in total. The first-order valence-corrected chi connectivity index (χ1v) is 5.01. The van der Waals surface area contributed by atoms with E-state index in [9.17, 15) is 5.11 Å². The van der Waals surface area contributed by atoms with Crippen molar-refractivity contribution in [2.75, 3.05) is 0 Å². The molecule has 0 spiro atoms. The lowest BCUT2D eigenvalue weighted by Crippen LogP contribution is -2.41. The second-order valence-electron chi connectivity index (χ2n) is 4.19. The van der Waals surface area contributed by atoms with Gasteiger partial charge in [-0.2, -0.15) is 12.6 Å². The Labute approximate surface area is 80.3 Å². The van der Waals surface area contributed by atoms with Crippen LogP contribution in [0.15, 0.2) is 12.2 Å². The minimum Gasteiger partial charge on any atom is -0.389 e. The highest BCUT2D eigenvalue weighted by Gasteiger charge is 2.36. The van der Waals surface area contributed by atoms with Gasteiger partial charge in [-0.15, -0.1) is 0 Å². The number of allylic oxidation sites excluding steroid dienone is 1. The zero-order valence-corrected chi connectivity index (χ0v) is 8.77. The van der Waals surface area contributed by atoms with E-state index in [0.717, 1.165) is 19.3 Å². The Morgan fingerprint density at radius 1 is 1.67 bits per heavy atom. The van der Waals surface area contributed by atoms with Crippen molar-refractivity contribution < 1.29 is 5.11 Å². The maximum Gasteiger partial charge on any atom is 0.0735 e. The second kappa shape index (κ2) is 3.43. The van der Waals surface area contributed by atoms with Gasteiger partial charge >= 0.3 is 0 Å². The molecule has 0 aliphatic heterocycles. The van der Waals surface area contributed by atoms with Crippen molar-refractivity contribution in [1.29, 1.82) is 0 Å². The van der Waals surface area contributed by atoms with Gasteiger partial charge in [-0.3, -0.25) is 0 Å². The van der Waals surface area contributed by atoms with Crippen LogP contribution in [-0.2, 0) is 0 Å². The van der Waals surface area contributed by atoms with Crippen LogP contribution >= 0.6 is 12.6 Å². The largest absolute Gasteiger partial charge is 0.389 e. The van der Waals surface area contributed by atoms with Gasteiger partial charge in [-0.1, -0.05) is 12.2 Å². The highest BCUT2D eigenvalue weighted by Crippen LogP contribution is 2.37. The Hall–Kier alpha value is 0.0500. The van der Waals surface area contributed by atoms with Crippen molar-refractivity contribution in [3.63, 3.8) is 0 Å². The summed E-state index contributed by atoms with van der Waals surface area (Å²) >= 11 is 4.40. The quantitative estimate of drug-likeness (QED) is 0.476. The summed E-state index contributed by atoms with van der Waals surface area (Å²) in [5, 5.41) is 9.94. The Balaban J connectivity index is 2.58. The molecule has 1 aliphatic rings. The first-order valence-electron chi connectivity index (χ1n) is 4.49. The molecule has 1 nitrogen and oxygen atoms in total. The van der Waals surface area contributed by atoms with Crippen LogP contribution in [0.3, 0.4) is 0 Å². The van der Waals surface area contributed by atoms with Gasteiger partial charge < -0.3 is 5.11 Å². The fourth-order valence-corrected chi connectivity index (χ4v) is 2.11. The maximum atomic E-state index is 9.84.